The van der Waals surface area contributed by atoms with Gasteiger partial charge in [0.25, 0.3) is 0 Å². The third-order valence-electron chi connectivity index (χ3n) is 2.81. The minimum Gasteiger partial charge on any atom is -0.383 e. The number of aromatic nitrogens is 2. The Bertz CT molecular complexity index is 711. The summed E-state index contributed by atoms with van der Waals surface area (Å²) in [7, 11) is 0. The van der Waals surface area contributed by atoms with E-state index in [4.69, 9.17) is 11.5 Å². The largest absolute Gasteiger partial charge is 0.383 e. The maximum absolute atomic E-state index is 12.5. The second-order valence-corrected chi connectivity index (χ2v) is 7.28. The quantitative estimate of drug-likeness (QED) is 0.411. The predicted molar refractivity (Wildman–Crippen MR) is 92.3 cm³/mol. The number of Topliss-reactive ketones (excluding diaryl/α,β-unsaturated/α-hetero) is 1. The molecule has 0 aliphatic heterocycles. The molecule has 2 aromatic heterocycles. The molecule has 7 nitrogen and oxygen atoms in total. The molecule has 5 N–H and O–H groups in total. The van der Waals surface area contributed by atoms with Gasteiger partial charge >= 0.3 is 0 Å². The SMILES string of the molecule is CC(=O)NCc1ccc(C(=O)C(C)Sc2nc(N)cc(N)n2)s1. The van der Waals surface area contributed by atoms with E-state index < -0.39 is 0 Å². The number of carbonyl (C=O) groups excluding carboxylic acids is 2. The minimum atomic E-state index is -0.372. The summed E-state index contributed by atoms with van der Waals surface area (Å²) in [4.78, 5) is 33.0. The van der Waals surface area contributed by atoms with Gasteiger partial charge in [0.2, 0.25) is 5.91 Å². The minimum absolute atomic E-state index is 0.0290. The van der Waals surface area contributed by atoms with Crippen LogP contribution >= 0.6 is 23.1 Å². The molecule has 0 aliphatic carbocycles. The van der Waals surface area contributed by atoms with E-state index in [2.05, 4.69) is 15.3 Å². The number of nitrogens with zero attached hydrogens (tertiary/aromatic N) is 2. The number of carbonyl (C=O) groups is 2. The fourth-order valence-electron chi connectivity index (χ4n) is 1.74. The van der Waals surface area contributed by atoms with Crippen molar-refractivity contribution in [1.29, 1.82) is 0 Å². The summed E-state index contributed by atoms with van der Waals surface area (Å²) in [6, 6.07) is 5.06. The van der Waals surface area contributed by atoms with Gasteiger partial charge in [-0.25, -0.2) is 9.97 Å². The Labute approximate surface area is 141 Å². The second kappa shape index (κ2) is 7.42. The molecule has 23 heavy (non-hydrogen) atoms. The number of rotatable bonds is 6. The van der Waals surface area contributed by atoms with Crippen molar-refractivity contribution in [1.82, 2.24) is 15.3 Å². The van der Waals surface area contributed by atoms with Gasteiger partial charge in [-0.15, -0.1) is 11.3 Å². The number of nitrogens with two attached hydrogens (primary N) is 2. The lowest BCUT2D eigenvalue weighted by Gasteiger charge is -2.08. The maximum atomic E-state index is 12.5. The maximum Gasteiger partial charge on any atom is 0.217 e. The molecule has 2 rings (SSSR count). The fraction of sp³-hybridized carbons (Fsp3) is 0.286. The predicted octanol–water partition coefficient (Wildman–Crippen LogP) is 1.70. The number of hydrogen-bond acceptors (Lipinski definition) is 8. The molecule has 0 fully saturated rings. The van der Waals surface area contributed by atoms with E-state index in [-0.39, 0.29) is 28.6 Å². The zero-order chi connectivity index (χ0) is 17.0. The Morgan fingerprint density at radius 3 is 2.57 bits per heavy atom. The first kappa shape index (κ1) is 17.2. The van der Waals surface area contributed by atoms with Gasteiger partial charge in [-0.2, -0.15) is 0 Å². The second-order valence-electron chi connectivity index (χ2n) is 4.80. The van der Waals surface area contributed by atoms with Gasteiger partial charge in [0.1, 0.15) is 11.6 Å². The molecule has 0 spiro atoms. The Morgan fingerprint density at radius 1 is 1.30 bits per heavy atom. The van der Waals surface area contributed by atoms with E-state index in [1.165, 1.54) is 36.1 Å². The summed E-state index contributed by atoms with van der Waals surface area (Å²) >= 11 is 2.57. The van der Waals surface area contributed by atoms with Gasteiger partial charge in [0.05, 0.1) is 16.7 Å². The fourth-order valence-corrected chi connectivity index (χ4v) is 3.66. The van der Waals surface area contributed by atoms with E-state index in [1.807, 2.05) is 6.07 Å². The third kappa shape index (κ3) is 4.93. The number of nitrogens with one attached hydrogen (secondary N) is 1. The van der Waals surface area contributed by atoms with E-state index in [1.54, 1.807) is 13.0 Å². The normalized spacial score (nSPS) is 11.9. The number of ketones is 1. The lowest BCUT2D eigenvalue weighted by atomic mass is 10.2. The average molecular weight is 351 g/mol. The summed E-state index contributed by atoms with van der Waals surface area (Å²) in [5, 5.41) is 2.70. The molecule has 1 amide bonds. The van der Waals surface area contributed by atoms with Crippen LogP contribution in [0.3, 0.4) is 0 Å². The van der Waals surface area contributed by atoms with Gasteiger partial charge in [0, 0.05) is 17.9 Å². The highest BCUT2D eigenvalue weighted by Crippen LogP contribution is 2.27. The van der Waals surface area contributed by atoms with Crippen molar-refractivity contribution in [2.24, 2.45) is 0 Å². The highest BCUT2D eigenvalue weighted by atomic mass is 32.2. The number of thioether (sulfide) groups is 1. The van der Waals surface area contributed by atoms with E-state index in [9.17, 15) is 9.59 Å². The molecule has 0 radical (unpaired) electrons. The van der Waals surface area contributed by atoms with E-state index in [0.717, 1.165) is 4.88 Å². The lowest BCUT2D eigenvalue weighted by molar-refractivity contribution is -0.119. The first-order valence-corrected chi connectivity index (χ1v) is 8.49. The van der Waals surface area contributed by atoms with Crippen molar-refractivity contribution in [2.75, 3.05) is 11.5 Å². The van der Waals surface area contributed by atoms with Gasteiger partial charge in [-0.3, -0.25) is 9.59 Å². The average Bonchev–Trinajstić information content (AvgIpc) is 2.91. The molecule has 122 valence electrons. The highest BCUT2D eigenvalue weighted by molar-refractivity contribution is 8.00. The van der Waals surface area contributed by atoms with Crippen LogP contribution in [-0.4, -0.2) is 26.9 Å². The first-order chi connectivity index (χ1) is 10.8. The van der Waals surface area contributed by atoms with Crippen molar-refractivity contribution >= 4 is 46.4 Å². The van der Waals surface area contributed by atoms with Crippen molar-refractivity contribution < 1.29 is 9.59 Å². The zero-order valence-electron chi connectivity index (χ0n) is 12.7. The van der Waals surface area contributed by atoms with E-state index >= 15 is 0 Å². The smallest absolute Gasteiger partial charge is 0.217 e. The van der Waals surface area contributed by atoms with Gasteiger partial charge in [0.15, 0.2) is 10.9 Å². The Kier molecular flexibility index (Phi) is 5.56. The van der Waals surface area contributed by atoms with Gasteiger partial charge in [-0.1, -0.05) is 11.8 Å². The highest BCUT2D eigenvalue weighted by Gasteiger charge is 2.20. The van der Waals surface area contributed by atoms with Crippen molar-refractivity contribution in [3.05, 3.63) is 28.0 Å². The molecular weight excluding hydrogens is 334 g/mol. The summed E-state index contributed by atoms with van der Waals surface area (Å²) in [6.45, 7) is 3.66. The number of anilines is 2. The third-order valence-corrected chi connectivity index (χ3v) is 4.87. The standard InChI is InChI=1S/C14H17N5O2S2/c1-7(22-14-18-11(15)5-12(16)19-14)13(21)10-4-3-9(23-10)6-17-8(2)20/h3-5,7H,6H2,1-2H3,(H,17,20)(H4,15,16,18,19). The van der Waals surface area contributed by atoms with Crippen LogP contribution in [0.15, 0.2) is 23.4 Å². The number of amides is 1. The lowest BCUT2D eigenvalue weighted by Crippen LogP contribution is -2.18. The molecule has 2 aromatic rings. The summed E-state index contributed by atoms with van der Waals surface area (Å²) < 4.78 is 0. The molecule has 1 unspecified atom stereocenters. The van der Waals surface area contributed by atoms with E-state index in [0.29, 0.717) is 16.6 Å². The van der Waals surface area contributed by atoms with Gasteiger partial charge in [-0.05, 0) is 19.1 Å². The summed E-state index contributed by atoms with van der Waals surface area (Å²) in [5.74, 6) is 0.409. The van der Waals surface area contributed by atoms with Crippen LogP contribution in [0.25, 0.3) is 0 Å². The summed E-state index contributed by atoms with van der Waals surface area (Å²) in [6.07, 6.45) is 0. The van der Waals surface area contributed by atoms with Crippen LogP contribution in [0.5, 0.6) is 0 Å². The topological polar surface area (TPSA) is 124 Å². The number of nitrogen functional groups attached to an aromatic ring is 2. The van der Waals surface area contributed by atoms with Crippen LogP contribution in [0.4, 0.5) is 11.6 Å². The van der Waals surface area contributed by atoms with Crippen LogP contribution < -0.4 is 16.8 Å². The molecule has 9 heteroatoms. The Balaban J connectivity index is 2.03. The van der Waals surface area contributed by atoms with Crippen LogP contribution in [0.1, 0.15) is 28.4 Å². The summed E-state index contributed by atoms with van der Waals surface area (Å²) in [5.41, 5.74) is 11.2. The van der Waals surface area contributed by atoms with Crippen LogP contribution in [-0.2, 0) is 11.3 Å². The van der Waals surface area contributed by atoms with Gasteiger partial charge < -0.3 is 16.8 Å². The monoisotopic (exact) mass is 351 g/mol. The number of thiophene rings is 1. The molecule has 0 saturated heterocycles. The molecule has 1 atom stereocenters. The van der Waals surface area contributed by atoms with Crippen LogP contribution in [0.2, 0.25) is 0 Å². The molecule has 2 heterocycles. The Morgan fingerprint density at radius 2 is 1.96 bits per heavy atom. The molecular formula is C14H17N5O2S2. The molecule has 0 saturated carbocycles. The van der Waals surface area contributed by atoms with Crippen molar-refractivity contribution in [3.63, 3.8) is 0 Å². The first-order valence-electron chi connectivity index (χ1n) is 6.79. The Hall–Kier alpha value is -2.13. The molecule has 0 aromatic carbocycles. The molecule has 0 bridgehead atoms. The molecule has 0 aliphatic rings. The van der Waals surface area contributed by atoms with Crippen molar-refractivity contribution in [2.45, 2.75) is 30.8 Å². The zero-order valence-corrected chi connectivity index (χ0v) is 14.3. The van der Waals surface area contributed by atoms with Crippen LogP contribution in [0, 0.1) is 0 Å². The number of hydrogen-bond donors (Lipinski definition) is 3. The van der Waals surface area contributed by atoms with Crippen molar-refractivity contribution in [3.8, 4) is 0 Å².